The fourth-order valence-electron chi connectivity index (χ4n) is 2.00. The zero-order valence-electron chi connectivity index (χ0n) is 13.8. The number of aromatic nitrogens is 2. The summed E-state index contributed by atoms with van der Waals surface area (Å²) in [6.07, 6.45) is -4.39. The van der Waals surface area contributed by atoms with Gasteiger partial charge in [0, 0.05) is 24.2 Å². The summed E-state index contributed by atoms with van der Waals surface area (Å²) in [5, 5.41) is 10.3. The number of benzene rings is 1. The van der Waals surface area contributed by atoms with E-state index < -0.39 is 11.7 Å². The lowest BCUT2D eigenvalue weighted by Crippen LogP contribution is -2.21. The van der Waals surface area contributed by atoms with Crippen LogP contribution in [0.3, 0.4) is 0 Å². The summed E-state index contributed by atoms with van der Waals surface area (Å²) >= 11 is 5.17. The number of alkyl halides is 3. The summed E-state index contributed by atoms with van der Waals surface area (Å²) < 4.78 is 39.8. The molecule has 0 saturated heterocycles. The minimum absolute atomic E-state index is 0.117. The fraction of sp³-hybridized carbons (Fsp3) is 0.375. The maximum atomic E-state index is 12.7. The Kier molecular flexibility index (Phi) is 4.89. The normalized spacial score (nSPS) is 12.1. The molecule has 0 atom stereocenters. The first-order valence-electron chi connectivity index (χ1n) is 7.26. The Bertz CT molecular complexity index is 745. The monoisotopic (exact) mass is 356 g/mol. The second-order valence-electron chi connectivity index (χ2n) is 6.45. The van der Waals surface area contributed by atoms with Crippen molar-refractivity contribution < 1.29 is 13.2 Å². The first-order chi connectivity index (χ1) is 11.0. The summed E-state index contributed by atoms with van der Waals surface area (Å²) in [6, 6.07) is 6.74. The van der Waals surface area contributed by atoms with E-state index in [0.29, 0.717) is 5.82 Å². The van der Waals surface area contributed by atoms with Gasteiger partial charge in [-0.1, -0.05) is 26.8 Å². The maximum absolute atomic E-state index is 12.7. The third kappa shape index (κ3) is 4.47. The molecule has 1 heterocycles. The van der Waals surface area contributed by atoms with E-state index in [1.165, 1.54) is 12.1 Å². The molecular weight excluding hydrogens is 337 g/mol. The Hall–Kier alpha value is -2.09. The van der Waals surface area contributed by atoms with Gasteiger partial charge in [-0.3, -0.25) is 4.68 Å². The predicted octanol–water partition coefficient (Wildman–Crippen LogP) is 4.55. The van der Waals surface area contributed by atoms with E-state index in [2.05, 4.69) is 15.7 Å². The van der Waals surface area contributed by atoms with Crippen LogP contribution in [-0.2, 0) is 18.6 Å². The summed E-state index contributed by atoms with van der Waals surface area (Å²) in [5.41, 5.74) is 0.300. The van der Waals surface area contributed by atoms with Gasteiger partial charge in [-0.15, -0.1) is 0 Å². The molecule has 0 radical (unpaired) electrons. The van der Waals surface area contributed by atoms with Crippen molar-refractivity contribution in [3.63, 3.8) is 0 Å². The second-order valence-corrected chi connectivity index (χ2v) is 6.85. The Balaban J connectivity index is 2.11. The Morgan fingerprint density at radius 2 is 1.79 bits per heavy atom. The molecule has 1 aromatic heterocycles. The molecule has 0 unspecified atom stereocenters. The zero-order chi connectivity index (χ0) is 18.1. The number of rotatable bonds is 2. The highest BCUT2D eigenvalue weighted by atomic mass is 32.1. The first kappa shape index (κ1) is 18.3. The quantitative estimate of drug-likeness (QED) is 0.775. The van der Waals surface area contributed by atoms with Gasteiger partial charge in [0.15, 0.2) is 5.11 Å². The van der Waals surface area contributed by atoms with Crippen molar-refractivity contribution in [2.45, 2.75) is 32.4 Å². The Labute approximate surface area is 144 Å². The van der Waals surface area contributed by atoms with Crippen molar-refractivity contribution in [1.82, 2.24) is 9.78 Å². The average Bonchev–Trinajstić information content (AvgIpc) is 2.79. The molecule has 24 heavy (non-hydrogen) atoms. The van der Waals surface area contributed by atoms with Crippen LogP contribution in [0.1, 0.15) is 32.0 Å². The average molecular weight is 356 g/mol. The largest absolute Gasteiger partial charge is 0.416 e. The molecule has 8 heteroatoms. The smallest absolute Gasteiger partial charge is 0.332 e. The SMILES string of the molecule is Cn1nc(C(C)(C)C)cc1NC(=S)Nc1cccc(C(F)(F)F)c1. The topological polar surface area (TPSA) is 41.9 Å². The third-order valence-electron chi connectivity index (χ3n) is 3.34. The summed E-state index contributed by atoms with van der Waals surface area (Å²) in [4.78, 5) is 0. The molecule has 0 bridgehead atoms. The third-order valence-corrected chi connectivity index (χ3v) is 3.54. The molecule has 2 aromatic rings. The first-order valence-corrected chi connectivity index (χ1v) is 7.67. The summed E-state index contributed by atoms with van der Waals surface area (Å²) in [6.45, 7) is 6.12. The van der Waals surface area contributed by atoms with E-state index in [1.807, 2.05) is 26.8 Å². The molecule has 0 saturated carbocycles. The van der Waals surface area contributed by atoms with Gasteiger partial charge in [0.2, 0.25) is 0 Å². The molecule has 1 aromatic carbocycles. The highest BCUT2D eigenvalue weighted by Crippen LogP contribution is 2.30. The maximum Gasteiger partial charge on any atom is 0.416 e. The van der Waals surface area contributed by atoms with Crippen LogP contribution in [0, 0.1) is 0 Å². The van der Waals surface area contributed by atoms with Crippen molar-refractivity contribution in [3.05, 3.63) is 41.6 Å². The summed E-state index contributed by atoms with van der Waals surface area (Å²) in [5.74, 6) is 0.657. The van der Waals surface area contributed by atoms with Crippen LogP contribution in [0.25, 0.3) is 0 Å². The van der Waals surface area contributed by atoms with Crippen LogP contribution in [-0.4, -0.2) is 14.9 Å². The van der Waals surface area contributed by atoms with Crippen LogP contribution in [0.5, 0.6) is 0 Å². The van der Waals surface area contributed by atoms with Crippen LogP contribution in [0.2, 0.25) is 0 Å². The highest BCUT2D eigenvalue weighted by Gasteiger charge is 2.30. The van der Waals surface area contributed by atoms with E-state index in [-0.39, 0.29) is 16.2 Å². The van der Waals surface area contributed by atoms with Gasteiger partial charge in [-0.05, 0) is 30.4 Å². The van der Waals surface area contributed by atoms with Gasteiger partial charge in [-0.25, -0.2) is 0 Å². The number of hydrogen-bond donors (Lipinski definition) is 2. The Morgan fingerprint density at radius 1 is 1.12 bits per heavy atom. The van der Waals surface area contributed by atoms with Gasteiger partial charge in [0.25, 0.3) is 0 Å². The minimum Gasteiger partial charge on any atom is -0.332 e. The zero-order valence-corrected chi connectivity index (χ0v) is 14.6. The number of nitrogens with zero attached hydrogens (tertiary/aromatic N) is 2. The number of anilines is 2. The second kappa shape index (κ2) is 6.43. The van der Waals surface area contributed by atoms with E-state index in [1.54, 1.807) is 11.7 Å². The molecule has 2 rings (SSSR count). The number of halogens is 3. The van der Waals surface area contributed by atoms with Crippen LogP contribution in [0.15, 0.2) is 30.3 Å². The van der Waals surface area contributed by atoms with Gasteiger partial charge in [-0.2, -0.15) is 18.3 Å². The van der Waals surface area contributed by atoms with E-state index in [9.17, 15) is 13.2 Å². The summed E-state index contributed by atoms with van der Waals surface area (Å²) in [7, 11) is 1.77. The highest BCUT2D eigenvalue weighted by molar-refractivity contribution is 7.80. The van der Waals surface area contributed by atoms with Crippen LogP contribution < -0.4 is 10.6 Å². The van der Waals surface area contributed by atoms with E-state index in [0.717, 1.165) is 17.8 Å². The van der Waals surface area contributed by atoms with E-state index >= 15 is 0 Å². The van der Waals surface area contributed by atoms with Crippen molar-refractivity contribution >= 4 is 28.8 Å². The number of aryl methyl sites for hydroxylation is 1. The standard InChI is InChI=1S/C16H19F3N4S/c1-15(2,3)12-9-13(23(4)22-12)21-14(24)20-11-7-5-6-10(8-11)16(17,18)19/h5-9H,1-4H3,(H2,20,21,24). The molecule has 4 nitrogen and oxygen atoms in total. The van der Waals surface area contributed by atoms with Gasteiger partial charge in [0.1, 0.15) is 5.82 Å². The van der Waals surface area contributed by atoms with Gasteiger partial charge < -0.3 is 10.6 Å². The van der Waals surface area contributed by atoms with Gasteiger partial charge >= 0.3 is 6.18 Å². The molecular formula is C16H19F3N4S. The lowest BCUT2D eigenvalue weighted by Gasteiger charge is -2.13. The molecule has 0 aliphatic rings. The molecule has 0 aliphatic heterocycles. The molecule has 2 N–H and O–H groups in total. The van der Waals surface area contributed by atoms with Crippen LogP contribution >= 0.6 is 12.2 Å². The fourth-order valence-corrected chi connectivity index (χ4v) is 2.23. The minimum atomic E-state index is -4.39. The molecule has 130 valence electrons. The number of nitrogens with one attached hydrogen (secondary N) is 2. The van der Waals surface area contributed by atoms with Crippen molar-refractivity contribution in [1.29, 1.82) is 0 Å². The van der Waals surface area contributed by atoms with E-state index in [4.69, 9.17) is 12.2 Å². The molecule has 0 amide bonds. The predicted molar refractivity (Wildman–Crippen MR) is 93.2 cm³/mol. The van der Waals surface area contributed by atoms with Crippen molar-refractivity contribution in [2.75, 3.05) is 10.6 Å². The van der Waals surface area contributed by atoms with Gasteiger partial charge in [0.05, 0.1) is 11.3 Å². The molecule has 0 aliphatic carbocycles. The molecule has 0 spiro atoms. The van der Waals surface area contributed by atoms with Crippen molar-refractivity contribution in [3.8, 4) is 0 Å². The van der Waals surface area contributed by atoms with Crippen LogP contribution in [0.4, 0.5) is 24.7 Å². The number of thiocarbonyl (C=S) groups is 1. The lowest BCUT2D eigenvalue weighted by molar-refractivity contribution is -0.137. The van der Waals surface area contributed by atoms with Crippen molar-refractivity contribution in [2.24, 2.45) is 7.05 Å². The lowest BCUT2D eigenvalue weighted by atomic mass is 9.92. The number of hydrogen-bond acceptors (Lipinski definition) is 2. The molecule has 0 fully saturated rings. The Morgan fingerprint density at radius 3 is 2.33 bits per heavy atom.